The van der Waals surface area contributed by atoms with Crippen LogP contribution in [0.4, 0.5) is 10.1 Å². The number of thiocarbonyl (C=S) groups is 1. The molecule has 1 heterocycles. The Kier molecular flexibility index (Phi) is 9.45. The molecule has 1 atom stereocenters. The van der Waals surface area contributed by atoms with Gasteiger partial charge in [0, 0.05) is 24.7 Å². The van der Waals surface area contributed by atoms with Gasteiger partial charge in [-0.3, -0.25) is 9.59 Å². The van der Waals surface area contributed by atoms with E-state index in [0.717, 1.165) is 24.8 Å². The highest BCUT2D eigenvalue weighted by molar-refractivity contribution is 7.80. The van der Waals surface area contributed by atoms with Crippen LogP contribution in [0.5, 0.6) is 11.5 Å². The Morgan fingerprint density at radius 3 is 2.44 bits per heavy atom. The van der Waals surface area contributed by atoms with E-state index in [2.05, 4.69) is 10.6 Å². The molecular weight excluding hydrogens is 567 g/mol. The van der Waals surface area contributed by atoms with Crippen molar-refractivity contribution in [2.75, 3.05) is 32.6 Å². The van der Waals surface area contributed by atoms with Gasteiger partial charge >= 0.3 is 0 Å². The second kappa shape index (κ2) is 13.4. The second-order valence-electron chi connectivity index (χ2n) is 11.0. The van der Waals surface area contributed by atoms with Crippen LogP contribution in [-0.2, 0) is 16.1 Å². The minimum absolute atomic E-state index is 0.0372. The fourth-order valence-corrected chi connectivity index (χ4v) is 6.30. The van der Waals surface area contributed by atoms with Gasteiger partial charge in [0.1, 0.15) is 22.9 Å². The summed E-state index contributed by atoms with van der Waals surface area (Å²) in [4.78, 5) is 32.1. The molecule has 2 fully saturated rings. The molecule has 1 saturated heterocycles. The summed E-state index contributed by atoms with van der Waals surface area (Å²) in [5.41, 5.74) is 0.683. The molecule has 43 heavy (non-hydrogen) atoms. The lowest BCUT2D eigenvalue weighted by molar-refractivity contribution is -0.149. The van der Waals surface area contributed by atoms with Crippen LogP contribution in [0.25, 0.3) is 0 Å². The van der Waals surface area contributed by atoms with E-state index >= 15 is 4.39 Å². The van der Waals surface area contributed by atoms with Crippen molar-refractivity contribution in [1.82, 2.24) is 15.1 Å². The van der Waals surface area contributed by atoms with Crippen LogP contribution in [0.15, 0.2) is 72.8 Å². The molecule has 3 aromatic rings. The fourth-order valence-electron chi connectivity index (χ4n) is 6.02. The highest BCUT2D eigenvalue weighted by Gasteiger charge is 2.48. The van der Waals surface area contributed by atoms with E-state index in [0.29, 0.717) is 47.2 Å². The number of hydrogen-bond donors (Lipinski definition) is 2. The summed E-state index contributed by atoms with van der Waals surface area (Å²) < 4.78 is 25.9. The Hall–Kier alpha value is -4.18. The van der Waals surface area contributed by atoms with Gasteiger partial charge in [0.25, 0.3) is 0 Å². The van der Waals surface area contributed by atoms with E-state index < -0.39 is 11.4 Å². The molecule has 10 heteroatoms. The van der Waals surface area contributed by atoms with Crippen LogP contribution in [0.2, 0.25) is 0 Å². The maximum absolute atomic E-state index is 15.0. The number of carbonyl (C=O) groups is 2. The van der Waals surface area contributed by atoms with Crippen LogP contribution in [0.3, 0.4) is 0 Å². The van der Waals surface area contributed by atoms with Crippen LogP contribution < -0.4 is 20.1 Å². The third-order valence-electron chi connectivity index (χ3n) is 8.38. The van der Waals surface area contributed by atoms with Gasteiger partial charge in [-0.25, -0.2) is 4.39 Å². The van der Waals surface area contributed by atoms with E-state index in [1.165, 1.54) is 13.2 Å². The lowest BCUT2D eigenvalue weighted by Gasteiger charge is -2.45. The van der Waals surface area contributed by atoms with Crippen LogP contribution >= 0.6 is 12.2 Å². The van der Waals surface area contributed by atoms with Gasteiger partial charge in [0.2, 0.25) is 11.8 Å². The second-order valence-corrected chi connectivity index (χ2v) is 11.4. The van der Waals surface area contributed by atoms with Crippen molar-refractivity contribution in [3.63, 3.8) is 0 Å². The van der Waals surface area contributed by atoms with Gasteiger partial charge in [0.05, 0.1) is 32.5 Å². The maximum atomic E-state index is 15.0. The molecule has 226 valence electrons. The number of anilines is 1. The SMILES string of the molecule is COc1ccc(NC(=O)C2(N(Cc3ccccc3F)C(=O)CN3CC(c4ccccc4)NC3=S)CCCCC2)c(OC)c1. The monoisotopic (exact) mass is 604 g/mol. The molecule has 0 spiro atoms. The first-order valence-electron chi connectivity index (χ1n) is 14.5. The fraction of sp³-hybridized carbons (Fsp3) is 0.364. The van der Waals surface area contributed by atoms with Crippen molar-refractivity contribution in [1.29, 1.82) is 0 Å². The summed E-state index contributed by atoms with van der Waals surface area (Å²) in [5, 5.41) is 6.81. The largest absolute Gasteiger partial charge is 0.497 e. The minimum atomic E-state index is -1.20. The maximum Gasteiger partial charge on any atom is 0.250 e. The molecule has 0 aromatic heterocycles. The molecule has 3 aromatic carbocycles. The Labute approximate surface area is 257 Å². The summed E-state index contributed by atoms with van der Waals surface area (Å²) in [5.74, 6) is -0.0239. The van der Waals surface area contributed by atoms with E-state index in [1.807, 2.05) is 35.2 Å². The Balaban J connectivity index is 1.46. The molecule has 1 aliphatic heterocycles. The molecule has 0 radical (unpaired) electrons. The molecule has 1 aliphatic carbocycles. The van der Waals surface area contributed by atoms with Crippen LogP contribution in [-0.4, -0.2) is 59.6 Å². The first-order chi connectivity index (χ1) is 20.8. The summed E-state index contributed by atoms with van der Waals surface area (Å²) in [6.45, 7) is 0.420. The van der Waals surface area contributed by atoms with E-state index in [-0.39, 0.29) is 30.9 Å². The van der Waals surface area contributed by atoms with Crippen molar-refractivity contribution in [3.8, 4) is 11.5 Å². The van der Waals surface area contributed by atoms with Gasteiger partial charge in [-0.1, -0.05) is 67.8 Å². The summed E-state index contributed by atoms with van der Waals surface area (Å²) in [6.07, 6.45) is 3.36. The Morgan fingerprint density at radius 1 is 1.02 bits per heavy atom. The average molecular weight is 605 g/mol. The minimum Gasteiger partial charge on any atom is -0.497 e. The number of methoxy groups -OCH3 is 2. The molecule has 1 saturated carbocycles. The van der Waals surface area contributed by atoms with Crippen molar-refractivity contribution in [2.24, 2.45) is 0 Å². The third-order valence-corrected chi connectivity index (χ3v) is 8.76. The molecule has 8 nitrogen and oxygen atoms in total. The number of rotatable bonds is 10. The number of halogens is 1. The molecule has 2 N–H and O–H groups in total. The van der Waals surface area contributed by atoms with Crippen molar-refractivity contribution < 1.29 is 23.5 Å². The van der Waals surface area contributed by atoms with Gasteiger partial charge < -0.3 is 29.9 Å². The normalized spacial score (nSPS) is 17.6. The molecule has 1 unspecified atom stereocenters. The van der Waals surface area contributed by atoms with Crippen LogP contribution in [0.1, 0.15) is 49.3 Å². The predicted octanol–water partition coefficient (Wildman–Crippen LogP) is 5.44. The molecule has 2 amide bonds. The zero-order chi connectivity index (χ0) is 30.4. The van der Waals surface area contributed by atoms with Gasteiger partial charge in [-0.15, -0.1) is 0 Å². The van der Waals surface area contributed by atoms with Gasteiger partial charge in [-0.05, 0) is 48.8 Å². The summed E-state index contributed by atoms with van der Waals surface area (Å²) in [7, 11) is 3.07. The van der Waals surface area contributed by atoms with Crippen molar-refractivity contribution >= 4 is 34.8 Å². The zero-order valence-electron chi connectivity index (χ0n) is 24.5. The highest BCUT2D eigenvalue weighted by Crippen LogP contribution is 2.38. The van der Waals surface area contributed by atoms with Gasteiger partial charge in [-0.2, -0.15) is 0 Å². The number of nitrogens with zero attached hydrogens (tertiary/aromatic N) is 2. The van der Waals surface area contributed by atoms with Crippen molar-refractivity contribution in [3.05, 3.63) is 89.7 Å². The number of amides is 2. The number of ether oxygens (including phenoxy) is 2. The third kappa shape index (κ3) is 6.59. The topological polar surface area (TPSA) is 83.1 Å². The molecular formula is C33H37FN4O4S. The molecule has 5 rings (SSSR count). The number of benzene rings is 3. The molecule has 0 bridgehead atoms. The number of nitrogens with one attached hydrogen (secondary N) is 2. The van der Waals surface area contributed by atoms with Gasteiger partial charge in [0.15, 0.2) is 5.11 Å². The standard InChI is InChI=1S/C33H37FN4O4S/c1-41-25-15-16-27(29(19-25)42-2)35-31(40)33(17-9-4-10-18-33)38(20-24-13-7-8-14-26(24)34)30(39)22-37-21-28(36-32(37)43)23-11-5-3-6-12-23/h3,5-8,11-16,19,28H,4,9-10,17-18,20-22H2,1-2H3,(H,35,40)(H,36,43). The van der Waals surface area contributed by atoms with Crippen molar-refractivity contribution in [2.45, 2.75) is 50.2 Å². The molecule has 2 aliphatic rings. The smallest absolute Gasteiger partial charge is 0.250 e. The van der Waals surface area contributed by atoms with E-state index in [4.69, 9.17) is 21.7 Å². The zero-order valence-corrected chi connectivity index (χ0v) is 25.3. The predicted molar refractivity (Wildman–Crippen MR) is 167 cm³/mol. The quantitative estimate of drug-likeness (QED) is 0.298. The lowest BCUT2D eigenvalue weighted by atomic mass is 9.78. The Bertz CT molecular complexity index is 1460. The van der Waals surface area contributed by atoms with Crippen LogP contribution in [0, 0.1) is 5.82 Å². The Morgan fingerprint density at radius 2 is 1.74 bits per heavy atom. The average Bonchev–Trinajstić information content (AvgIpc) is 3.40. The van der Waals surface area contributed by atoms with E-state index in [9.17, 15) is 9.59 Å². The number of hydrogen-bond acceptors (Lipinski definition) is 5. The summed E-state index contributed by atoms with van der Waals surface area (Å²) in [6, 6.07) is 21.4. The highest BCUT2D eigenvalue weighted by atomic mass is 32.1. The first-order valence-corrected chi connectivity index (χ1v) is 14.9. The lowest BCUT2D eigenvalue weighted by Crippen LogP contribution is -2.61. The number of carbonyl (C=O) groups excluding carboxylic acids is 2. The summed E-state index contributed by atoms with van der Waals surface area (Å²) >= 11 is 5.62. The van der Waals surface area contributed by atoms with E-state index in [1.54, 1.807) is 48.4 Å². The first kappa shape index (κ1) is 30.3.